The number of carbonyl (C=O) groups is 2. The van der Waals surface area contributed by atoms with E-state index >= 15 is 0 Å². The lowest BCUT2D eigenvalue weighted by Crippen LogP contribution is -2.44. The van der Waals surface area contributed by atoms with Gasteiger partial charge in [-0.15, -0.1) is 0 Å². The number of halogens is 1. The topological polar surface area (TPSA) is 55.8 Å². The molecule has 1 atom stereocenters. The number of ether oxygens (including phenoxy) is 2. The summed E-state index contributed by atoms with van der Waals surface area (Å²) >= 11 is 0. The maximum atomic E-state index is 13.8. The maximum Gasteiger partial charge on any atom is 0.342 e. The normalized spacial score (nSPS) is 15.5. The van der Waals surface area contributed by atoms with Crippen molar-refractivity contribution in [2.45, 2.75) is 6.10 Å². The molecule has 0 saturated carbocycles. The number of nitrogens with zero attached hydrogens (tertiary/aromatic N) is 1. The van der Waals surface area contributed by atoms with Crippen LogP contribution in [0.2, 0.25) is 0 Å². The molecule has 0 aliphatic carbocycles. The minimum Gasteiger partial charge on any atom is -0.444 e. The highest BCUT2D eigenvalue weighted by atomic mass is 19.1. The number of hydrogen-bond donors (Lipinski definition) is 0. The fourth-order valence-electron chi connectivity index (χ4n) is 2.64. The van der Waals surface area contributed by atoms with Crippen molar-refractivity contribution in [3.63, 3.8) is 0 Å². The zero-order chi connectivity index (χ0) is 17.6. The van der Waals surface area contributed by atoms with Crippen molar-refractivity contribution in [3.8, 4) is 0 Å². The van der Waals surface area contributed by atoms with E-state index in [1.165, 1.54) is 18.2 Å². The number of morpholine rings is 1. The Morgan fingerprint density at radius 1 is 1.00 bits per heavy atom. The number of amides is 1. The first-order chi connectivity index (χ1) is 12.2. The molecule has 2 aromatic rings. The molecule has 1 aliphatic rings. The van der Waals surface area contributed by atoms with E-state index in [9.17, 15) is 14.0 Å². The second kappa shape index (κ2) is 7.90. The molecular formula is C19H18FNO4. The average Bonchev–Trinajstić information content (AvgIpc) is 2.67. The molecule has 0 bridgehead atoms. The molecule has 25 heavy (non-hydrogen) atoms. The van der Waals surface area contributed by atoms with E-state index in [1.807, 2.05) is 0 Å². The van der Waals surface area contributed by atoms with Gasteiger partial charge in [0.25, 0.3) is 5.91 Å². The maximum absolute atomic E-state index is 13.8. The van der Waals surface area contributed by atoms with Gasteiger partial charge in [-0.3, -0.25) is 4.79 Å². The molecule has 130 valence electrons. The van der Waals surface area contributed by atoms with Crippen LogP contribution in [0.25, 0.3) is 0 Å². The minimum absolute atomic E-state index is 0.196. The van der Waals surface area contributed by atoms with Crippen LogP contribution >= 0.6 is 0 Å². The Hall–Kier alpha value is -2.73. The highest BCUT2D eigenvalue weighted by Crippen LogP contribution is 2.23. The summed E-state index contributed by atoms with van der Waals surface area (Å²) in [5.74, 6) is -1.88. The first-order valence-corrected chi connectivity index (χ1v) is 8.04. The zero-order valence-electron chi connectivity index (χ0n) is 13.6. The molecule has 1 heterocycles. The molecule has 0 aromatic heterocycles. The Morgan fingerprint density at radius 3 is 2.32 bits per heavy atom. The predicted molar refractivity (Wildman–Crippen MR) is 88.4 cm³/mol. The van der Waals surface area contributed by atoms with Gasteiger partial charge < -0.3 is 14.4 Å². The highest BCUT2D eigenvalue weighted by molar-refractivity contribution is 5.93. The Kier molecular flexibility index (Phi) is 5.40. The number of rotatable bonds is 4. The van der Waals surface area contributed by atoms with E-state index in [4.69, 9.17) is 9.47 Å². The third kappa shape index (κ3) is 4.03. The van der Waals surface area contributed by atoms with Gasteiger partial charge in [-0.25, -0.2) is 9.18 Å². The second-order valence-electron chi connectivity index (χ2n) is 5.61. The van der Waals surface area contributed by atoms with E-state index in [1.54, 1.807) is 41.3 Å². The van der Waals surface area contributed by atoms with Crippen LogP contribution in [0.5, 0.6) is 0 Å². The van der Waals surface area contributed by atoms with E-state index < -0.39 is 17.9 Å². The van der Waals surface area contributed by atoms with Crippen molar-refractivity contribution in [1.82, 2.24) is 4.90 Å². The molecule has 0 radical (unpaired) electrons. The third-order valence-electron chi connectivity index (χ3n) is 3.97. The van der Waals surface area contributed by atoms with Crippen molar-refractivity contribution in [2.24, 2.45) is 0 Å². The predicted octanol–water partition coefficient (Wildman–Crippen LogP) is 2.58. The van der Waals surface area contributed by atoms with Crippen LogP contribution in [-0.4, -0.2) is 43.1 Å². The summed E-state index contributed by atoms with van der Waals surface area (Å²) in [4.78, 5) is 26.8. The van der Waals surface area contributed by atoms with E-state index in [-0.39, 0.29) is 11.5 Å². The largest absolute Gasteiger partial charge is 0.444 e. The molecule has 0 N–H and O–H groups in total. The summed E-state index contributed by atoms with van der Waals surface area (Å²) in [6.07, 6.45) is -1.12. The van der Waals surface area contributed by atoms with Crippen molar-refractivity contribution in [3.05, 3.63) is 71.5 Å². The lowest BCUT2D eigenvalue weighted by atomic mass is 10.1. The molecule has 0 unspecified atom stereocenters. The van der Waals surface area contributed by atoms with Crippen LogP contribution in [0.4, 0.5) is 4.39 Å². The first-order valence-electron chi connectivity index (χ1n) is 8.04. The van der Waals surface area contributed by atoms with Gasteiger partial charge in [-0.2, -0.15) is 0 Å². The fourth-order valence-corrected chi connectivity index (χ4v) is 2.64. The molecule has 1 fully saturated rings. The van der Waals surface area contributed by atoms with E-state index in [0.29, 0.717) is 31.9 Å². The van der Waals surface area contributed by atoms with Crippen molar-refractivity contribution < 1.29 is 23.5 Å². The van der Waals surface area contributed by atoms with Gasteiger partial charge in [0.1, 0.15) is 5.82 Å². The lowest BCUT2D eigenvalue weighted by molar-refractivity contribution is -0.145. The third-order valence-corrected chi connectivity index (χ3v) is 3.97. The molecule has 1 amide bonds. The van der Waals surface area contributed by atoms with Gasteiger partial charge in [-0.05, 0) is 12.1 Å². The Balaban J connectivity index is 1.85. The van der Waals surface area contributed by atoms with Crippen LogP contribution in [0, 0.1) is 5.82 Å². The summed E-state index contributed by atoms with van der Waals surface area (Å²) in [7, 11) is 0. The standard InChI is InChI=1S/C19H18FNO4/c20-16-9-5-4-8-15(16)19(23)25-17(14-6-2-1-3-7-14)18(22)21-10-12-24-13-11-21/h1-9,17H,10-13H2/t17-/m0/s1. The zero-order valence-corrected chi connectivity index (χ0v) is 13.6. The van der Waals surface area contributed by atoms with Crippen molar-refractivity contribution in [2.75, 3.05) is 26.3 Å². The fraction of sp³-hybridized carbons (Fsp3) is 0.263. The SMILES string of the molecule is O=C(O[C@H](C(=O)N1CCOCC1)c1ccccc1)c1ccccc1F. The van der Waals surface area contributed by atoms with Crippen LogP contribution in [0.1, 0.15) is 22.0 Å². The summed E-state index contributed by atoms with van der Waals surface area (Å²) in [5.41, 5.74) is 0.349. The minimum atomic E-state index is -1.12. The molecule has 1 aliphatic heterocycles. The molecule has 3 rings (SSSR count). The monoisotopic (exact) mass is 343 g/mol. The van der Waals surface area contributed by atoms with Gasteiger partial charge >= 0.3 is 5.97 Å². The lowest BCUT2D eigenvalue weighted by Gasteiger charge is -2.30. The van der Waals surface area contributed by atoms with E-state index in [0.717, 1.165) is 0 Å². The summed E-state index contributed by atoms with van der Waals surface area (Å²) < 4.78 is 24.5. The Bertz CT molecular complexity index is 744. The van der Waals surface area contributed by atoms with Crippen molar-refractivity contribution >= 4 is 11.9 Å². The number of carbonyl (C=O) groups excluding carboxylic acids is 2. The van der Waals surface area contributed by atoms with Gasteiger partial charge in [-0.1, -0.05) is 42.5 Å². The van der Waals surface area contributed by atoms with Gasteiger partial charge in [0.05, 0.1) is 18.8 Å². The second-order valence-corrected chi connectivity index (χ2v) is 5.61. The molecule has 1 saturated heterocycles. The quantitative estimate of drug-likeness (QED) is 0.801. The van der Waals surface area contributed by atoms with Gasteiger partial charge in [0, 0.05) is 18.7 Å². The van der Waals surface area contributed by atoms with Crippen LogP contribution in [0.15, 0.2) is 54.6 Å². The highest BCUT2D eigenvalue weighted by Gasteiger charge is 2.31. The molecule has 5 nitrogen and oxygen atoms in total. The van der Waals surface area contributed by atoms with Gasteiger partial charge in [0.15, 0.2) is 0 Å². The van der Waals surface area contributed by atoms with Gasteiger partial charge in [0.2, 0.25) is 6.10 Å². The van der Waals surface area contributed by atoms with Crippen LogP contribution in [-0.2, 0) is 14.3 Å². The Labute approximate surface area is 145 Å². The number of benzene rings is 2. The molecule has 6 heteroatoms. The molecular weight excluding hydrogens is 325 g/mol. The molecule has 0 spiro atoms. The Morgan fingerprint density at radius 2 is 1.64 bits per heavy atom. The van der Waals surface area contributed by atoms with Crippen molar-refractivity contribution in [1.29, 1.82) is 0 Å². The average molecular weight is 343 g/mol. The van der Waals surface area contributed by atoms with E-state index in [2.05, 4.69) is 0 Å². The number of hydrogen-bond acceptors (Lipinski definition) is 4. The molecule has 2 aromatic carbocycles. The smallest absolute Gasteiger partial charge is 0.342 e. The van der Waals surface area contributed by atoms with Crippen LogP contribution < -0.4 is 0 Å². The van der Waals surface area contributed by atoms with Crippen LogP contribution in [0.3, 0.4) is 0 Å². The number of esters is 1. The summed E-state index contributed by atoms with van der Waals surface area (Å²) in [6, 6.07) is 14.3. The summed E-state index contributed by atoms with van der Waals surface area (Å²) in [6.45, 7) is 1.74. The first kappa shape index (κ1) is 17.1. The summed E-state index contributed by atoms with van der Waals surface area (Å²) in [5, 5.41) is 0.